The molecular weight excluding hydrogens is 328 g/mol. The molecule has 1 aromatic carbocycles. The van der Waals surface area contributed by atoms with Crippen molar-refractivity contribution in [3.63, 3.8) is 0 Å². The van der Waals surface area contributed by atoms with Crippen LogP contribution in [0, 0.1) is 0 Å². The average Bonchev–Trinajstić information content (AvgIpc) is 2.37. The van der Waals surface area contributed by atoms with E-state index in [1.165, 1.54) is 0 Å². The van der Waals surface area contributed by atoms with Crippen LogP contribution >= 0.6 is 15.9 Å². The summed E-state index contributed by atoms with van der Waals surface area (Å²) in [5.74, 6) is 0.355. The summed E-state index contributed by atoms with van der Waals surface area (Å²) in [5, 5.41) is 0. The lowest BCUT2D eigenvalue weighted by atomic mass is 10.2. The molecule has 2 aromatic rings. The maximum atomic E-state index is 11.9. The molecule has 4 nitrogen and oxygen atoms in total. The van der Waals surface area contributed by atoms with Gasteiger partial charge in [0.05, 0.1) is 5.75 Å². The van der Waals surface area contributed by atoms with Gasteiger partial charge < -0.3 is 0 Å². The van der Waals surface area contributed by atoms with Gasteiger partial charge in [-0.05, 0) is 40.0 Å². The number of pyridine rings is 1. The molecule has 0 aliphatic heterocycles. The van der Waals surface area contributed by atoms with Gasteiger partial charge >= 0.3 is 0 Å². The van der Waals surface area contributed by atoms with E-state index in [4.69, 9.17) is 0 Å². The summed E-state index contributed by atoms with van der Waals surface area (Å²) in [7, 11) is -3.38. The Morgan fingerprint density at radius 2 is 1.79 bits per heavy atom. The Bertz CT molecular complexity index is 645. The highest BCUT2D eigenvalue weighted by atomic mass is 79.9. The maximum absolute atomic E-state index is 11.9. The van der Waals surface area contributed by atoms with Crippen LogP contribution in [0.3, 0.4) is 0 Å². The van der Waals surface area contributed by atoms with E-state index in [0.717, 1.165) is 5.56 Å². The zero-order chi connectivity index (χ0) is 13.7. The Hall–Kier alpha value is -1.40. The number of hydrogen-bond acceptors (Lipinski definition) is 3. The number of anilines is 1. The summed E-state index contributed by atoms with van der Waals surface area (Å²) >= 11 is 3.20. The molecule has 0 bridgehead atoms. The average molecular weight is 341 g/mol. The van der Waals surface area contributed by atoms with Crippen LogP contribution in [0.4, 0.5) is 5.82 Å². The van der Waals surface area contributed by atoms with Gasteiger partial charge in [-0.2, -0.15) is 0 Å². The molecule has 100 valence electrons. The molecule has 19 heavy (non-hydrogen) atoms. The Kier molecular flexibility index (Phi) is 4.55. The molecule has 0 saturated carbocycles. The van der Waals surface area contributed by atoms with Crippen LogP contribution in [0.25, 0.3) is 0 Å². The van der Waals surface area contributed by atoms with Crippen LogP contribution in [0.5, 0.6) is 0 Å². The summed E-state index contributed by atoms with van der Waals surface area (Å²) in [6.07, 6.45) is 0.476. The molecule has 1 aromatic heterocycles. The molecule has 0 aliphatic rings. The van der Waals surface area contributed by atoms with E-state index in [0.29, 0.717) is 16.8 Å². The van der Waals surface area contributed by atoms with Gasteiger partial charge in [-0.3, -0.25) is 4.72 Å². The molecule has 0 radical (unpaired) electrons. The molecule has 0 unspecified atom stereocenters. The number of sulfonamides is 1. The lowest BCUT2D eigenvalue weighted by molar-refractivity contribution is 0.600. The van der Waals surface area contributed by atoms with Gasteiger partial charge in [-0.15, -0.1) is 0 Å². The van der Waals surface area contributed by atoms with Gasteiger partial charge in [0.25, 0.3) is 0 Å². The molecule has 0 fully saturated rings. The van der Waals surface area contributed by atoms with Crippen molar-refractivity contribution in [1.82, 2.24) is 4.98 Å². The third kappa shape index (κ3) is 4.65. The Labute approximate surface area is 121 Å². The van der Waals surface area contributed by atoms with Gasteiger partial charge in [0.1, 0.15) is 10.4 Å². The summed E-state index contributed by atoms with van der Waals surface area (Å²) in [6.45, 7) is 0. The minimum absolute atomic E-state index is 0.0329. The van der Waals surface area contributed by atoms with Crippen molar-refractivity contribution in [3.05, 3.63) is 58.7 Å². The van der Waals surface area contributed by atoms with E-state index in [9.17, 15) is 8.42 Å². The number of halogens is 1. The maximum Gasteiger partial charge on any atom is 0.234 e. The fourth-order valence-corrected chi connectivity index (χ4v) is 2.95. The number of benzene rings is 1. The zero-order valence-electron chi connectivity index (χ0n) is 10.1. The van der Waals surface area contributed by atoms with Crippen LogP contribution < -0.4 is 4.72 Å². The minimum atomic E-state index is -3.38. The molecule has 1 heterocycles. The van der Waals surface area contributed by atoms with Gasteiger partial charge in [0.15, 0.2) is 0 Å². The molecule has 6 heteroatoms. The number of aryl methyl sites for hydroxylation is 1. The first-order valence-corrected chi connectivity index (χ1v) is 8.17. The van der Waals surface area contributed by atoms with Gasteiger partial charge in [-0.25, -0.2) is 13.4 Å². The highest BCUT2D eigenvalue weighted by molar-refractivity contribution is 9.10. The lowest BCUT2D eigenvalue weighted by Crippen LogP contribution is -2.18. The number of aromatic nitrogens is 1. The van der Waals surface area contributed by atoms with Crippen molar-refractivity contribution >= 4 is 31.8 Å². The second-order valence-corrected chi connectivity index (χ2v) is 6.66. The minimum Gasteiger partial charge on any atom is -0.267 e. The molecular formula is C13H13BrN2O2S. The van der Waals surface area contributed by atoms with Gasteiger partial charge in [-0.1, -0.05) is 36.4 Å². The second kappa shape index (κ2) is 6.16. The monoisotopic (exact) mass is 340 g/mol. The lowest BCUT2D eigenvalue weighted by Gasteiger charge is -2.07. The van der Waals surface area contributed by atoms with Crippen molar-refractivity contribution in [1.29, 1.82) is 0 Å². The van der Waals surface area contributed by atoms with E-state index >= 15 is 0 Å². The quantitative estimate of drug-likeness (QED) is 0.851. The van der Waals surface area contributed by atoms with Crippen LogP contribution in [-0.2, 0) is 16.4 Å². The summed E-state index contributed by atoms with van der Waals surface area (Å²) in [6, 6.07) is 14.6. The van der Waals surface area contributed by atoms with Gasteiger partial charge in [0.2, 0.25) is 10.0 Å². The van der Waals surface area contributed by atoms with Crippen molar-refractivity contribution in [3.8, 4) is 0 Å². The Morgan fingerprint density at radius 1 is 1.05 bits per heavy atom. The van der Waals surface area contributed by atoms with E-state index in [1.807, 2.05) is 30.3 Å². The summed E-state index contributed by atoms with van der Waals surface area (Å²) in [5.41, 5.74) is 0.995. The first kappa shape index (κ1) is 14.0. The highest BCUT2D eigenvalue weighted by Crippen LogP contribution is 2.12. The smallest absolute Gasteiger partial charge is 0.234 e. The van der Waals surface area contributed by atoms with Gasteiger partial charge in [0, 0.05) is 0 Å². The molecule has 0 saturated heterocycles. The molecule has 0 atom stereocenters. The van der Waals surface area contributed by atoms with Crippen LogP contribution in [0.15, 0.2) is 53.1 Å². The zero-order valence-corrected chi connectivity index (χ0v) is 12.5. The third-order valence-corrected chi connectivity index (χ3v) is 4.18. The number of nitrogens with zero attached hydrogens (tertiary/aromatic N) is 1. The van der Waals surface area contributed by atoms with Crippen LogP contribution in [-0.4, -0.2) is 19.2 Å². The Morgan fingerprint density at radius 3 is 2.47 bits per heavy atom. The SMILES string of the molecule is O=S(=O)(CCc1ccccc1)Nc1cccc(Br)n1. The predicted molar refractivity (Wildman–Crippen MR) is 79.5 cm³/mol. The van der Waals surface area contributed by atoms with E-state index in [1.54, 1.807) is 18.2 Å². The predicted octanol–water partition coefficient (Wildman–Crippen LogP) is 2.83. The molecule has 0 aliphatic carbocycles. The molecule has 2 rings (SSSR count). The topological polar surface area (TPSA) is 59.1 Å². The van der Waals surface area contributed by atoms with E-state index in [-0.39, 0.29) is 5.75 Å². The van der Waals surface area contributed by atoms with Crippen LogP contribution in [0.1, 0.15) is 5.56 Å². The second-order valence-electron chi connectivity index (χ2n) is 4.00. The van der Waals surface area contributed by atoms with E-state index < -0.39 is 10.0 Å². The summed E-state index contributed by atoms with van der Waals surface area (Å²) in [4.78, 5) is 4.04. The first-order valence-electron chi connectivity index (χ1n) is 5.72. The van der Waals surface area contributed by atoms with Crippen molar-refractivity contribution in [2.45, 2.75) is 6.42 Å². The number of hydrogen-bond donors (Lipinski definition) is 1. The fraction of sp³-hybridized carbons (Fsp3) is 0.154. The standard InChI is InChI=1S/C13H13BrN2O2S/c14-12-7-4-8-13(15-12)16-19(17,18)10-9-11-5-2-1-3-6-11/h1-8H,9-10H2,(H,15,16). The van der Waals surface area contributed by atoms with Crippen LogP contribution in [0.2, 0.25) is 0 Å². The molecule has 0 amide bonds. The Balaban J connectivity index is 1.99. The molecule has 0 spiro atoms. The number of rotatable bonds is 5. The summed E-state index contributed by atoms with van der Waals surface area (Å²) < 4.78 is 26.9. The normalized spacial score (nSPS) is 11.2. The van der Waals surface area contributed by atoms with Crippen molar-refractivity contribution in [2.24, 2.45) is 0 Å². The fourth-order valence-electron chi connectivity index (χ4n) is 1.57. The molecule has 1 N–H and O–H groups in total. The van der Waals surface area contributed by atoms with Crippen molar-refractivity contribution < 1.29 is 8.42 Å². The third-order valence-electron chi connectivity index (χ3n) is 2.48. The first-order chi connectivity index (χ1) is 9.05. The highest BCUT2D eigenvalue weighted by Gasteiger charge is 2.11. The number of nitrogens with one attached hydrogen (secondary N) is 1. The largest absolute Gasteiger partial charge is 0.267 e. The van der Waals surface area contributed by atoms with Crippen molar-refractivity contribution in [2.75, 3.05) is 10.5 Å². The van der Waals surface area contributed by atoms with E-state index in [2.05, 4.69) is 25.6 Å².